The van der Waals surface area contributed by atoms with Crippen LogP contribution in [-0.2, 0) is 6.42 Å². The Morgan fingerprint density at radius 3 is 2.79 bits per heavy atom. The second kappa shape index (κ2) is 7.84. The molecule has 0 atom stereocenters. The SMILES string of the molecule is C=CCNc1nc(N2CCN(C(=O)c3ccco3)CC2)nc2c1C(=O)CCC2. The fraction of sp³-hybridized carbons (Fsp3) is 0.400. The van der Waals surface area contributed by atoms with Crippen molar-refractivity contribution in [1.82, 2.24) is 14.9 Å². The van der Waals surface area contributed by atoms with Crippen LogP contribution in [0.1, 0.15) is 39.4 Å². The van der Waals surface area contributed by atoms with Gasteiger partial charge in [-0.25, -0.2) is 4.98 Å². The van der Waals surface area contributed by atoms with Crippen molar-refractivity contribution in [3.63, 3.8) is 0 Å². The van der Waals surface area contributed by atoms with Gasteiger partial charge in [0, 0.05) is 39.1 Å². The largest absolute Gasteiger partial charge is 0.459 e. The van der Waals surface area contributed by atoms with E-state index < -0.39 is 0 Å². The summed E-state index contributed by atoms with van der Waals surface area (Å²) in [6, 6.07) is 3.39. The average Bonchev–Trinajstić information content (AvgIpc) is 3.26. The van der Waals surface area contributed by atoms with Crippen LogP contribution in [0.4, 0.5) is 11.8 Å². The van der Waals surface area contributed by atoms with Crippen molar-refractivity contribution >= 4 is 23.5 Å². The maximum Gasteiger partial charge on any atom is 0.289 e. The van der Waals surface area contributed by atoms with Crippen molar-refractivity contribution in [2.75, 3.05) is 42.9 Å². The lowest BCUT2D eigenvalue weighted by atomic mass is 9.95. The van der Waals surface area contributed by atoms with Crippen molar-refractivity contribution in [1.29, 1.82) is 0 Å². The number of aromatic nitrogens is 2. The first kappa shape index (κ1) is 18.2. The van der Waals surface area contributed by atoms with E-state index in [1.807, 2.05) is 0 Å². The van der Waals surface area contributed by atoms with Gasteiger partial charge in [-0.1, -0.05) is 6.08 Å². The lowest BCUT2D eigenvalue weighted by molar-refractivity contribution is 0.0714. The minimum Gasteiger partial charge on any atom is -0.459 e. The first-order valence-corrected chi connectivity index (χ1v) is 9.54. The fourth-order valence-electron chi connectivity index (χ4n) is 3.61. The quantitative estimate of drug-likeness (QED) is 0.794. The molecule has 0 bridgehead atoms. The van der Waals surface area contributed by atoms with Crippen molar-refractivity contribution < 1.29 is 14.0 Å². The molecule has 1 saturated heterocycles. The third kappa shape index (κ3) is 3.49. The standard InChI is InChI=1S/C20H23N5O3/c1-2-8-21-18-17-14(5-3-6-15(17)26)22-20(23-18)25-11-9-24(10-12-25)19(27)16-7-4-13-28-16/h2,4,7,13H,1,3,5-6,8-12H2,(H,21,22,23). The first-order valence-electron chi connectivity index (χ1n) is 9.54. The predicted octanol–water partition coefficient (Wildman–Crippen LogP) is 2.15. The number of amides is 1. The number of piperazine rings is 1. The van der Waals surface area contributed by atoms with E-state index in [1.165, 1.54) is 6.26 Å². The van der Waals surface area contributed by atoms with E-state index in [4.69, 9.17) is 4.42 Å². The van der Waals surface area contributed by atoms with E-state index in [0.29, 0.717) is 62.2 Å². The molecule has 2 aliphatic rings. The molecule has 1 amide bonds. The Kier molecular flexibility index (Phi) is 5.10. The smallest absolute Gasteiger partial charge is 0.289 e. The average molecular weight is 381 g/mol. The molecule has 1 fully saturated rings. The maximum absolute atomic E-state index is 12.4. The zero-order valence-corrected chi connectivity index (χ0v) is 15.7. The highest BCUT2D eigenvalue weighted by molar-refractivity contribution is 6.02. The van der Waals surface area contributed by atoms with E-state index >= 15 is 0 Å². The number of aryl methyl sites for hydroxylation is 1. The van der Waals surface area contributed by atoms with Crippen LogP contribution in [0.25, 0.3) is 0 Å². The number of rotatable bonds is 5. The fourth-order valence-corrected chi connectivity index (χ4v) is 3.61. The minimum absolute atomic E-state index is 0.0910. The number of ketones is 1. The third-order valence-corrected chi connectivity index (χ3v) is 5.06. The lowest BCUT2D eigenvalue weighted by Crippen LogP contribution is -2.49. The number of Topliss-reactive ketones (excluding diaryl/α,β-unsaturated/α-hetero) is 1. The highest BCUT2D eigenvalue weighted by atomic mass is 16.3. The number of nitrogens with one attached hydrogen (secondary N) is 1. The normalized spacial score (nSPS) is 16.6. The minimum atomic E-state index is -0.102. The van der Waals surface area contributed by atoms with Gasteiger partial charge in [0.25, 0.3) is 5.91 Å². The molecule has 0 saturated carbocycles. The van der Waals surface area contributed by atoms with Gasteiger partial charge in [-0.05, 0) is 25.0 Å². The zero-order valence-electron chi connectivity index (χ0n) is 15.7. The summed E-state index contributed by atoms with van der Waals surface area (Å²) in [5.74, 6) is 1.53. The van der Waals surface area contributed by atoms with Gasteiger partial charge in [-0.3, -0.25) is 9.59 Å². The van der Waals surface area contributed by atoms with Crippen molar-refractivity contribution in [2.24, 2.45) is 0 Å². The molecule has 0 spiro atoms. The van der Waals surface area contributed by atoms with E-state index in [9.17, 15) is 9.59 Å². The van der Waals surface area contributed by atoms with Gasteiger partial charge in [0.2, 0.25) is 5.95 Å². The Balaban J connectivity index is 1.52. The van der Waals surface area contributed by atoms with Crippen LogP contribution < -0.4 is 10.2 Å². The molecule has 4 rings (SSSR count). The third-order valence-electron chi connectivity index (χ3n) is 5.06. The zero-order chi connectivity index (χ0) is 19.5. The summed E-state index contributed by atoms with van der Waals surface area (Å²) in [5.41, 5.74) is 1.42. The van der Waals surface area contributed by atoms with E-state index in [0.717, 1.165) is 18.5 Å². The highest BCUT2D eigenvalue weighted by Crippen LogP contribution is 2.28. The second-order valence-corrected chi connectivity index (χ2v) is 6.90. The summed E-state index contributed by atoms with van der Waals surface area (Å²) in [6.07, 6.45) is 5.36. The lowest BCUT2D eigenvalue weighted by Gasteiger charge is -2.35. The highest BCUT2D eigenvalue weighted by Gasteiger charge is 2.28. The number of hydrogen-bond donors (Lipinski definition) is 1. The van der Waals surface area contributed by atoms with Gasteiger partial charge in [0.05, 0.1) is 17.5 Å². The van der Waals surface area contributed by atoms with Crippen LogP contribution in [0.3, 0.4) is 0 Å². The number of carbonyl (C=O) groups is 2. The van der Waals surface area contributed by atoms with Crippen LogP contribution in [0.2, 0.25) is 0 Å². The molecule has 2 aromatic rings. The molecule has 146 valence electrons. The van der Waals surface area contributed by atoms with E-state index in [1.54, 1.807) is 23.1 Å². The van der Waals surface area contributed by atoms with Gasteiger partial charge in [-0.15, -0.1) is 6.58 Å². The van der Waals surface area contributed by atoms with Gasteiger partial charge < -0.3 is 19.5 Å². The summed E-state index contributed by atoms with van der Waals surface area (Å²) in [7, 11) is 0. The van der Waals surface area contributed by atoms with Gasteiger partial charge in [-0.2, -0.15) is 4.98 Å². The monoisotopic (exact) mass is 381 g/mol. The number of hydrogen-bond acceptors (Lipinski definition) is 7. The summed E-state index contributed by atoms with van der Waals surface area (Å²) in [4.78, 5) is 37.9. The van der Waals surface area contributed by atoms with Gasteiger partial charge >= 0.3 is 0 Å². The number of carbonyl (C=O) groups excluding carboxylic acids is 2. The Morgan fingerprint density at radius 1 is 1.25 bits per heavy atom. The molecule has 28 heavy (non-hydrogen) atoms. The van der Waals surface area contributed by atoms with Crippen molar-refractivity contribution in [3.05, 3.63) is 48.1 Å². The molecule has 2 aromatic heterocycles. The molecule has 8 nitrogen and oxygen atoms in total. The topological polar surface area (TPSA) is 91.6 Å². The van der Waals surface area contributed by atoms with Crippen LogP contribution in [0, 0.1) is 0 Å². The maximum atomic E-state index is 12.4. The number of fused-ring (bicyclic) bond motifs is 1. The predicted molar refractivity (Wildman–Crippen MR) is 105 cm³/mol. The van der Waals surface area contributed by atoms with Crippen LogP contribution in [-0.4, -0.2) is 59.3 Å². The number of nitrogens with zero attached hydrogens (tertiary/aromatic N) is 4. The summed E-state index contributed by atoms with van der Waals surface area (Å²) in [5, 5.41) is 3.18. The van der Waals surface area contributed by atoms with Crippen molar-refractivity contribution in [3.8, 4) is 0 Å². The summed E-state index contributed by atoms with van der Waals surface area (Å²) < 4.78 is 5.21. The Bertz CT molecular complexity index is 885. The number of furan rings is 1. The number of anilines is 2. The molecule has 0 radical (unpaired) electrons. The second-order valence-electron chi connectivity index (χ2n) is 6.90. The Labute approximate surface area is 163 Å². The molecular formula is C20H23N5O3. The van der Waals surface area contributed by atoms with Crippen LogP contribution >= 0.6 is 0 Å². The Hall–Kier alpha value is -3.16. The summed E-state index contributed by atoms with van der Waals surface area (Å²) in [6.45, 7) is 6.63. The molecule has 1 aliphatic carbocycles. The molecule has 1 N–H and O–H groups in total. The molecule has 1 aliphatic heterocycles. The van der Waals surface area contributed by atoms with E-state index in [2.05, 4.69) is 26.8 Å². The van der Waals surface area contributed by atoms with Crippen LogP contribution in [0.5, 0.6) is 0 Å². The van der Waals surface area contributed by atoms with Crippen molar-refractivity contribution in [2.45, 2.75) is 19.3 Å². The Morgan fingerprint density at radius 2 is 2.07 bits per heavy atom. The molecular weight excluding hydrogens is 358 g/mol. The molecule has 8 heteroatoms. The molecule has 3 heterocycles. The van der Waals surface area contributed by atoms with Gasteiger partial charge in [0.1, 0.15) is 5.82 Å². The van der Waals surface area contributed by atoms with E-state index in [-0.39, 0.29) is 11.7 Å². The summed E-state index contributed by atoms with van der Waals surface area (Å²) >= 11 is 0. The van der Waals surface area contributed by atoms with Crippen LogP contribution in [0.15, 0.2) is 35.5 Å². The van der Waals surface area contributed by atoms with Gasteiger partial charge in [0.15, 0.2) is 11.5 Å². The molecule has 0 unspecified atom stereocenters. The first-order chi connectivity index (χ1) is 13.7. The molecule has 0 aromatic carbocycles.